The second kappa shape index (κ2) is 8.21. The van der Waals surface area contributed by atoms with Gasteiger partial charge in [0, 0.05) is 34.5 Å². The fourth-order valence-electron chi connectivity index (χ4n) is 3.66. The normalized spacial score (nSPS) is 11.3. The van der Waals surface area contributed by atoms with Crippen LogP contribution in [-0.2, 0) is 11.4 Å². The number of rotatable bonds is 6. The standard InChI is InChI=1S/C24H21N3O3/c1-17-13-21(15-25-30-16-19-7-5-10-22(14-19)27(28)29)18(2)26(17)24-12-6-9-20-8-3-4-11-23(20)24/h3-15H,16H2,1-2H3/b25-15-. The molecule has 6 heteroatoms. The fourth-order valence-corrected chi connectivity index (χ4v) is 3.66. The Morgan fingerprint density at radius 2 is 1.80 bits per heavy atom. The van der Waals surface area contributed by atoms with Gasteiger partial charge in [0.15, 0.2) is 0 Å². The topological polar surface area (TPSA) is 69.7 Å². The van der Waals surface area contributed by atoms with Crippen molar-refractivity contribution in [1.29, 1.82) is 0 Å². The van der Waals surface area contributed by atoms with Crippen molar-refractivity contribution in [3.63, 3.8) is 0 Å². The maximum absolute atomic E-state index is 10.9. The number of hydrogen-bond donors (Lipinski definition) is 0. The van der Waals surface area contributed by atoms with Crippen LogP contribution in [0.15, 0.2) is 78.0 Å². The molecular weight excluding hydrogens is 378 g/mol. The lowest BCUT2D eigenvalue weighted by molar-refractivity contribution is -0.384. The van der Waals surface area contributed by atoms with Crippen LogP contribution in [0, 0.1) is 24.0 Å². The van der Waals surface area contributed by atoms with Crippen LogP contribution in [-0.4, -0.2) is 15.7 Å². The quantitative estimate of drug-likeness (QED) is 0.237. The number of aryl methyl sites for hydroxylation is 1. The van der Waals surface area contributed by atoms with Crippen molar-refractivity contribution in [1.82, 2.24) is 4.57 Å². The van der Waals surface area contributed by atoms with E-state index in [1.165, 1.54) is 22.9 Å². The highest BCUT2D eigenvalue weighted by Crippen LogP contribution is 2.27. The highest BCUT2D eigenvalue weighted by atomic mass is 16.6. The first-order chi connectivity index (χ1) is 14.5. The Bertz CT molecular complexity index is 1250. The van der Waals surface area contributed by atoms with Gasteiger partial charge in [-0.05, 0) is 36.9 Å². The largest absolute Gasteiger partial charge is 0.391 e. The van der Waals surface area contributed by atoms with Gasteiger partial charge < -0.3 is 9.40 Å². The Balaban J connectivity index is 1.55. The fraction of sp³-hybridized carbons (Fsp3) is 0.125. The van der Waals surface area contributed by atoms with E-state index in [2.05, 4.69) is 60.0 Å². The minimum atomic E-state index is -0.422. The molecule has 0 N–H and O–H groups in total. The molecule has 1 aromatic heterocycles. The van der Waals surface area contributed by atoms with Gasteiger partial charge in [0.1, 0.15) is 6.61 Å². The Kier molecular flexibility index (Phi) is 5.30. The minimum absolute atomic E-state index is 0.0405. The average Bonchev–Trinajstić information content (AvgIpc) is 3.04. The predicted molar refractivity (Wildman–Crippen MR) is 118 cm³/mol. The van der Waals surface area contributed by atoms with E-state index in [0.29, 0.717) is 5.56 Å². The summed E-state index contributed by atoms with van der Waals surface area (Å²) >= 11 is 0. The summed E-state index contributed by atoms with van der Waals surface area (Å²) in [6.07, 6.45) is 1.68. The van der Waals surface area contributed by atoms with E-state index in [1.807, 2.05) is 12.1 Å². The van der Waals surface area contributed by atoms with Crippen LogP contribution in [0.3, 0.4) is 0 Å². The molecule has 3 aromatic carbocycles. The van der Waals surface area contributed by atoms with Crippen LogP contribution < -0.4 is 0 Å². The van der Waals surface area contributed by atoms with E-state index >= 15 is 0 Å². The van der Waals surface area contributed by atoms with Crippen LogP contribution in [0.5, 0.6) is 0 Å². The van der Waals surface area contributed by atoms with Gasteiger partial charge in [0.05, 0.1) is 16.8 Å². The molecule has 4 rings (SSSR count). The Morgan fingerprint density at radius 3 is 2.63 bits per heavy atom. The summed E-state index contributed by atoms with van der Waals surface area (Å²) in [5, 5.41) is 17.3. The minimum Gasteiger partial charge on any atom is -0.391 e. The molecular formula is C24H21N3O3. The number of non-ortho nitro benzene ring substituents is 1. The summed E-state index contributed by atoms with van der Waals surface area (Å²) in [5.74, 6) is 0. The molecule has 0 aliphatic carbocycles. The van der Waals surface area contributed by atoms with Gasteiger partial charge in [0.25, 0.3) is 5.69 Å². The summed E-state index contributed by atoms with van der Waals surface area (Å²) in [6.45, 7) is 4.28. The van der Waals surface area contributed by atoms with Crippen molar-refractivity contribution >= 4 is 22.7 Å². The molecule has 4 aromatic rings. The summed E-state index contributed by atoms with van der Waals surface area (Å²) in [5.41, 5.74) is 4.98. The first-order valence-electron chi connectivity index (χ1n) is 9.60. The number of nitrogens with zero attached hydrogens (tertiary/aromatic N) is 3. The zero-order valence-corrected chi connectivity index (χ0v) is 16.8. The summed E-state index contributed by atoms with van der Waals surface area (Å²) in [6, 6.07) is 23.0. The Hall–Kier alpha value is -3.93. The molecule has 0 atom stereocenters. The van der Waals surface area contributed by atoms with Crippen molar-refractivity contribution in [2.45, 2.75) is 20.5 Å². The summed E-state index contributed by atoms with van der Waals surface area (Å²) in [4.78, 5) is 15.8. The molecule has 0 fully saturated rings. The molecule has 0 saturated heterocycles. The third-order valence-corrected chi connectivity index (χ3v) is 5.10. The number of oxime groups is 1. The van der Waals surface area contributed by atoms with E-state index in [4.69, 9.17) is 4.84 Å². The van der Waals surface area contributed by atoms with E-state index in [9.17, 15) is 10.1 Å². The first kappa shape index (κ1) is 19.4. The van der Waals surface area contributed by atoms with Crippen molar-refractivity contribution in [3.05, 3.63) is 105 Å². The Morgan fingerprint density at radius 1 is 1.03 bits per heavy atom. The van der Waals surface area contributed by atoms with Gasteiger partial charge in [-0.1, -0.05) is 53.7 Å². The van der Waals surface area contributed by atoms with Crippen LogP contribution in [0.2, 0.25) is 0 Å². The van der Waals surface area contributed by atoms with Crippen LogP contribution in [0.1, 0.15) is 22.5 Å². The van der Waals surface area contributed by atoms with Gasteiger partial charge in [0.2, 0.25) is 0 Å². The number of nitro benzene ring substituents is 1. The van der Waals surface area contributed by atoms with Crippen molar-refractivity contribution in [2.75, 3.05) is 0 Å². The second-order valence-corrected chi connectivity index (χ2v) is 7.10. The molecule has 0 radical (unpaired) electrons. The van der Waals surface area contributed by atoms with Crippen molar-refractivity contribution in [2.24, 2.45) is 5.16 Å². The third kappa shape index (κ3) is 3.80. The molecule has 0 aliphatic heterocycles. The number of nitro groups is 1. The second-order valence-electron chi connectivity index (χ2n) is 7.10. The van der Waals surface area contributed by atoms with Gasteiger partial charge >= 0.3 is 0 Å². The van der Waals surface area contributed by atoms with E-state index in [-0.39, 0.29) is 12.3 Å². The molecule has 0 unspecified atom stereocenters. The smallest absolute Gasteiger partial charge is 0.269 e. The molecule has 0 aliphatic rings. The highest BCUT2D eigenvalue weighted by Gasteiger charge is 2.12. The molecule has 1 heterocycles. The molecule has 150 valence electrons. The molecule has 0 spiro atoms. The molecule has 0 bridgehead atoms. The van der Waals surface area contributed by atoms with Gasteiger partial charge in [-0.15, -0.1) is 0 Å². The first-order valence-corrected chi connectivity index (χ1v) is 9.60. The summed E-state index contributed by atoms with van der Waals surface area (Å²) in [7, 11) is 0. The zero-order chi connectivity index (χ0) is 21.1. The lowest BCUT2D eigenvalue weighted by atomic mass is 10.1. The van der Waals surface area contributed by atoms with E-state index in [0.717, 1.165) is 22.6 Å². The third-order valence-electron chi connectivity index (χ3n) is 5.10. The van der Waals surface area contributed by atoms with Crippen molar-refractivity contribution in [3.8, 4) is 5.69 Å². The van der Waals surface area contributed by atoms with Gasteiger partial charge in [-0.25, -0.2) is 0 Å². The van der Waals surface area contributed by atoms with Gasteiger partial charge in [-0.2, -0.15) is 0 Å². The highest BCUT2D eigenvalue weighted by molar-refractivity contribution is 5.91. The number of benzene rings is 3. The maximum Gasteiger partial charge on any atom is 0.269 e. The maximum atomic E-state index is 10.9. The molecule has 6 nitrogen and oxygen atoms in total. The molecule has 0 amide bonds. The van der Waals surface area contributed by atoms with Crippen LogP contribution >= 0.6 is 0 Å². The van der Waals surface area contributed by atoms with Crippen LogP contribution in [0.25, 0.3) is 16.5 Å². The lowest BCUT2D eigenvalue weighted by Gasteiger charge is -2.12. The predicted octanol–water partition coefficient (Wildman–Crippen LogP) is 5.71. The summed E-state index contributed by atoms with van der Waals surface area (Å²) < 4.78 is 2.21. The molecule has 30 heavy (non-hydrogen) atoms. The zero-order valence-electron chi connectivity index (χ0n) is 16.8. The van der Waals surface area contributed by atoms with E-state index in [1.54, 1.807) is 18.3 Å². The lowest BCUT2D eigenvalue weighted by Crippen LogP contribution is -2.00. The van der Waals surface area contributed by atoms with Crippen molar-refractivity contribution < 1.29 is 9.76 Å². The number of fused-ring (bicyclic) bond motifs is 1. The number of aromatic nitrogens is 1. The SMILES string of the molecule is Cc1cc(/C=N\OCc2cccc([N+](=O)[O-])c2)c(C)n1-c1cccc2ccccc12. The van der Waals surface area contributed by atoms with E-state index < -0.39 is 4.92 Å². The van der Waals surface area contributed by atoms with Crippen LogP contribution in [0.4, 0.5) is 5.69 Å². The monoisotopic (exact) mass is 399 g/mol. The van der Waals surface area contributed by atoms with Gasteiger partial charge in [-0.3, -0.25) is 10.1 Å². The Labute approximate surface area is 174 Å². The average molecular weight is 399 g/mol. The number of hydrogen-bond acceptors (Lipinski definition) is 4. The molecule has 0 saturated carbocycles.